The van der Waals surface area contributed by atoms with Crippen LogP contribution in [0.5, 0.6) is 0 Å². The normalized spacial score (nSPS) is 24.1. The maximum Gasteiger partial charge on any atom is 0.223 e. The van der Waals surface area contributed by atoms with Crippen LogP contribution in [-0.4, -0.2) is 75.2 Å². The Labute approximate surface area is 244 Å². The average Bonchev–Trinajstić information content (AvgIpc) is 2.91. The summed E-state index contributed by atoms with van der Waals surface area (Å²) in [7, 11) is 0. The lowest BCUT2D eigenvalue weighted by Crippen LogP contribution is -2.49. The monoisotopic (exact) mass is 589 g/mol. The first-order valence-corrected chi connectivity index (χ1v) is 14.6. The molecule has 4 atom stereocenters. The summed E-state index contributed by atoms with van der Waals surface area (Å²) in [5, 5.41) is 14.8. The lowest BCUT2D eigenvalue weighted by atomic mass is 10.0. The fourth-order valence-electron chi connectivity index (χ4n) is 5.78. The zero-order valence-corrected chi connectivity index (χ0v) is 25.1. The Hall–Kier alpha value is -2.27. The van der Waals surface area contributed by atoms with E-state index in [1.807, 2.05) is 13.0 Å². The number of ether oxygens (including phenoxy) is 2. The van der Waals surface area contributed by atoms with Crippen LogP contribution in [0.15, 0.2) is 23.1 Å². The van der Waals surface area contributed by atoms with Crippen molar-refractivity contribution in [2.45, 2.75) is 77.9 Å². The van der Waals surface area contributed by atoms with Crippen LogP contribution in [0.25, 0.3) is 22.2 Å². The smallest absolute Gasteiger partial charge is 0.223 e. The van der Waals surface area contributed by atoms with E-state index in [1.165, 1.54) is 6.20 Å². The van der Waals surface area contributed by atoms with Gasteiger partial charge in [0.1, 0.15) is 0 Å². The van der Waals surface area contributed by atoms with E-state index in [0.29, 0.717) is 70.9 Å². The Morgan fingerprint density at radius 2 is 1.88 bits per heavy atom. The molecule has 2 N–H and O–H groups in total. The predicted molar refractivity (Wildman–Crippen MR) is 159 cm³/mol. The first-order valence-electron chi connectivity index (χ1n) is 13.8. The second kappa shape index (κ2) is 11.9. The molecule has 0 unspecified atom stereocenters. The Bertz CT molecular complexity index is 1450. The highest BCUT2D eigenvalue weighted by Gasteiger charge is 2.29. The van der Waals surface area contributed by atoms with E-state index in [0.717, 1.165) is 11.3 Å². The van der Waals surface area contributed by atoms with E-state index in [-0.39, 0.29) is 36.2 Å². The van der Waals surface area contributed by atoms with Gasteiger partial charge in [-0.25, -0.2) is 9.97 Å². The summed E-state index contributed by atoms with van der Waals surface area (Å²) in [4.78, 5) is 25.1. The van der Waals surface area contributed by atoms with Crippen LogP contribution >= 0.6 is 23.2 Å². The van der Waals surface area contributed by atoms with E-state index < -0.39 is 6.10 Å². The second-order valence-corrected chi connectivity index (χ2v) is 12.0. The molecule has 5 rings (SSSR count). The summed E-state index contributed by atoms with van der Waals surface area (Å²) in [6.45, 7) is 13.1. The number of aromatic nitrogens is 3. The zero-order valence-electron chi connectivity index (χ0n) is 23.6. The van der Waals surface area contributed by atoms with Crippen LogP contribution < -0.4 is 10.7 Å². The van der Waals surface area contributed by atoms with Crippen molar-refractivity contribution in [3.63, 3.8) is 0 Å². The molecule has 0 bridgehead atoms. The summed E-state index contributed by atoms with van der Waals surface area (Å²) in [5.74, 6) is 0.336. The minimum absolute atomic E-state index is 0.0318. The minimum Gasteiger partial charge on any atom is -0.389 e. The quantitative estimate of drug-likeness (QED) is 0.421. The number of halogens is 2. The molecule has 0 radical (unpaired) electrons. The van der Waals surface area contributed by atoms with E-state index in [9.17, 15) is 9.90 Å². The topological polar surface area (TPSA) is 102 Å². The highest BCUT2D eigenvalue weighted by atomic mass is 35.5. The number of hydrogen-bond acceptors (Lipinski definition) is 8. The second-order valence-electron chi connectivity index (χ2n) is 11.2. The Balaban J connectivity index is 1.64. The minimum atomic E-state index is -0.667. The van der Waals surface area contributed by atoms with Crippen molar-refractivity contribution < 1.29 is 14.6 Å². The van der Waals surface area contributed by atoms with Crippen LogP contribution in [-0.2, 0) is 16.0 Å². The third-order valence-corrected chi connectivity index (χ3v) is 8.66. The van der Waals surface area contributed by atoms with Crippen LogP contribution in [0.4, 0.5) is 5.95 Å². The standard InChI is InChI=1S/C29H37Cl2N5O4/c1-15(2)36-23(11-35-16(3)12-40-13-17(35)4)18(5)28(38)20-7-6-19(25(31)27(20)36)26-21(30)10-32-29(34-26)33-22-8-9-39-14-24(22)37/h6-7,10,15-17,22,24,37H,8-9,11-14H2,1-5H3,(H,32,33,34)/t16-,17-,22+,24+/m0/s1. The van der Waals surface area contributed by atoms with Gasteiger partial charge in [0.05, 0.1) is 59.4 Å². The molecule has 2 saturated heterocycles. The highest BCUT2D eigenvalue weighted by molar-refractivity contribution is 6.39. The summed E-state index contributed by atoms with van der Waals surface area (Å²) >= 11 is 13.8. The van der Waals surface area contributed by atoms with E-state index >= 15 is 0 Å². The maximum absolute atomic E-state index is 13.7. The van der Waals surface area contributed by atoms with Crippen molar-refractivity contribution >= 4 is 40.1 Å². The molecule has 2 aliphatic heterocycles. The SMILES string of the molecule is Cc1c(CN2[C@@H](C)COC[C@@H]2C)n(C(C)C)c2c(Cl)c(-c3nc(N[C@@H]4CCOC[C@H]4O)ncc3Cl)ccc2c1=O. The summed E-state index contributed by atoms with van der Waals surface area (Å²) < 4.78 is 13.3. The highest BCUT2D eigenvalue weighted by Crippen LogP contribution is 2.38. The lowest BCUT2D eigenvalue weighted by molar-refractivity contribution is -0.0420. The van der Waals surface area contributed by atoms with Crippen LogP contribution in [0.3, 0.4) is 0 Å². The molecule has 216 valence electrons. The number of anilines is 1. The van der Waals surface area contributed by atoms with Crippen molar-refractivity contribution in [1.82, 2.24) is 19.4 Å². The van der Waals surface area contributed by atoms with Crippen LogP contribution in [0, 0.1) is 6.92 Å². The average molecular weight is 591 g/mol. The van der Waals surface area contributed by atoms with Crippen molar-refractivity contribution in [3.8, 4) is 11.3 Å². The fourth-order valence-corrected chi connectivity index (χ4v) is 6.32. The summed E-state index contributed by atoms with van der Waals surface area (Å²) in [6.07, 6.45) is 1.48. The van der Waals surface area contributed by atoms with Crippen molar-refractivity contribution in [1.29, 1.82) is 0 Å². The van der Waals surface area contributed by atoms with Gasteiger partial charge in [-0.15, -0.1) is 0 Å². The van der Waals surface area contributed by atoms with Crippen LogP contribution in [0.1, 0.15) is 51.4 Å². The molecule has 2 aromatic heterocycles. The van der Waals surface area contributed by atoms with Gasteiger partial charge < -0.3 is 24.5 Å². The maximum atomic E-state index is 13.7. The van der Waals surface area contributed by atoms with Crippen molar-refractivity contribution in [2.75, 3.05) is 31.7 Å². The third-order valence-electron chi connectivity index (χ3n) is 8.01. The Morgan fingerprint density at radius 1 is 1.15 bits per heavy atom. The summed E-state index contributed by atoms with van der Waals surface area (Å²) in [5.41, 5.74) is 3.35. The van der Waals surface area contributed by atoms with E-state index in [4.69, 9.17) is 32.7 Å². The number of nitrogens with one attached hydrogen (secondary N) is 1. The first-order chi connectivity index (χ1) is 19.1. The molecule has 11 heteroatoms. The van der Waals surface area contributed by atoms with Gasteiger partial charge in [0.25, 0.3) is 0 Å². The first kappa shape index (κ1) is 29.2. The molecule has 9 nitrogen and oxygen atoms in total. The molecule has 2 aliphatic rings. The number of rotatable bonds is 6. The van der Waals surface area contributed by atoms with Crippen molar-refractivity contribution in [2.24, 2.45) is 0 Å². The number of benzene rings is 1. The molecule has 40 heavy (non-hydrogen) atoms. The number of hydrogen-bond donors (Lipinski definition) is 2. The number of fused-ring (bicyclic) bond motifs is 1. The fraction of sp³-hybridized carbons (Fsp3) is 0.552. The molecule has 1 aromatic carbocycles. The van der Waals surface area contributed by atoms with Gasteiger partial charge in [-0.3, -0.25) is 9.69 Å². The summed E-state index contributed by atoms with van der Waals surface area (Å²) in [6, 6.07) is 3.83. The molecule has 4 heterocycles. The molecule has 0 spiro atoms. The van der Waals surface area contributed by atoms with Gasteiger partial charge in [-0.05, 0) is 47.1 Å². The van der Waals surface area contributed by atoms with Gasteiger partial charge in [0.2, 0.25) is 5.95 Å². The zero-order chi connectivity index (χ0) is 28.7. The van der Waals surface area contributed by atoms with Crippen molar-refractivity contribution in [3.05, 3.63) is 49.9 Å². The predicted octanol–water partition coefficient (Wildman–Crippen LogP) is 4.83. The number of aliphatic hydroxyl groups is 1. The molecule has 0 saturated carbocycles. The van der Waals surface area contributed by atoms with Gasteiger partial charge >= 0.3 is 0 Å². The molecule has 2 fully saturated rings. The third kappa shape index (κ3) is 5.47. The number of morpholine rings is 1. The largest absolute Gasteiger partial charge is 0.389 e. The van der Waals surface area contributed by atoms with Gasteiger partial charge in [0.15, 0.2) is 5.43 Å². The van der Waals surface area contributed by atoms with Crippen LogP contribution in [0.2, 0.25) is 10.0 Å². The molecule has 3 aromatic rings. The van der Waals surface area contributed by atoms with E-state index in [2.05, 4.69) is 52.4 Å². The van der Waals surface area contributed by atoms with Gasteiger partial charge in [-0.1, -0.05) is 29.3 Å². The number of nitrogens with zero attached hydrogens (tertiary/aromatic N) is 4. The molecule has 0 amide bonds. The van der Waals surface area contributed by atoms with E-state index in [1.54, 1.807) is 6.07 Å². The number of aliphatic hydroxyl groups excluding tert-OH is 1. The molecular formula is C29H37Cl2N5O4. The number of pyridine rings is 1. The van der Waals surface area contributed by atoms with Gasteiger partial charge in [0, 0.05) is 53.5 Å². The molecule has 0 aliphatic carbocycles. The van der Waals surface area contributed by atoms with Gasteiger partial charge in [-0.2, -0.15) is 0 Å². The molecular weight excluding hydrogens is 553 g/mol. The Morgan fingerprint density at radius 3 is 2.55 bits per heavy atom. The lowest BCUT2D eigenvalue weighted by Gasteiger charge is -2.40. The Kier molecular flexibility index (Phi) is 8.71.